The second kappa shape index (κ2) is 6.04. The number of phenolic OH excluding ortho intramolecular Hbond substituents is 1. The van der Waals surface area contributed by atoms with Crippen molar-refractivity contribution in [1.29, 1.82) is 0 Å². The lowest BCUT2D eigenvalue weighted by Crippen LogP contribution is -2.13. The number of phenols is 1. The predicted molar refractivity (Wildman–Crippen MR) is 87.9 cm³/mol. The van der Waals surface area contributed by atoms with Crippen LogP contribution in [0.4, 0.5) is 10.1 Å². The molecule has 0 radical (unpaired) electrons. The highest BCUT2D eigenvalue weighted by molar-refractivity contribution is 14.1. The molecule has 0 aliphatic heterocycles. The maximum atomic E-state index is 13.0. The van der Waals surface area contributed by atoms with Crippen LogP contribution in [0.3, 0.4) is 0 Å². The van der Waals surface area contributed by atoms with Crippen molar-refractivity contribution in [3.8, 4) is 5.75 Å². The van der Waals surface area contributed by atoms with E-state index in [1.807, 2.05) is 22.6 Å². The summed E-state index contributed by atoms with van der Waals surface area (Å²) in [5, 5.41) is 12.3. The molecule has 1 amide bonds. The van der Waals surface area contributed by atoms with Gasteiger partial charge in [0.2, 0.25) is 0 Å². The molecule has 0 unspecified atom stereocenters. The smallest absolute Gasteiger partial charge is 0.259 e. The Kier molecular flexibility index (Phi) is 4.61. The Balaban J connectivity index is 2.28. The van der Waals surface area contributed by atoms with Crippen LogP contribution in [0.2, 0.25) is 0 Å². The van der Waals surface area contributed by atoms with Gasteiger partial charge in [0.25, 0.3) is 5.91 Å². The van der Waals surface area contributed by atoms with Gasteiger partial charge in [-0.25, -0.2) is 4.39 Å². The van der Waals surface area contributed by atoms with Gasteiger partial charge in [-0.15, -0.1) is 0 Å². The van der Waals surface area contributed by atoms with E-state index in [0.717, 1.165) is 3.57 Å². The number of halogens is 3. The van der Waals surface area contributed by atoms with Crippen molar-refractivity contribution in [3.63, 3.8) is 0 Å². The second-order valence-electron chi connectivity index (χ2n) is 3.74. The van der Waals surface area contributed by atoms with Gasteiger partial charge < -0.3 is 10.4 Å². The highest BCUT2D eigenvalue weighted by Gasteiger charge is 2.13. The molecule has 0 bridgehead atoms. The third kappa shape index (κ3) is 3.56. The fourth-order valence-corrected chi connectivity index (χ4v) is 2.57. The predicted octanol–water partition coefficient (Wildman–Crippen LogP) is 3.99. The van der Waals surface area contributed by atoms with Crippen molar-refractivity contribution in [2.75, 3.05) is 5.32 Å². The summed E-state index contributed by atoms with van der Waals surface area (Å²) in [4.78, 5) is 12.1. The Bertz CT molecular complexity index is 647. The average molecular weight is 483 g/mol. The van der Waals surface area contributed by atoms with Crippen LogP contribution in [0, 0.1) is 13.0 Å². The Morgan fingerprint density at radius 2 is 1.89 bits per heavy atom. The monoisotopic (exact) mass is 483 g/mol. The molecule has 98 valence electrons. The van der Waals surface area contributed by atoms with Gasteiger partial charge >= 0.3 is 0 Å². The summed E-state index contributed by atoms with van der Waals surface area (Å²) in [7, 11) is 0. The van der Waals surface area contributed by atoms with E-state index in [-0.39, 0.29) is 17.1 Å². The third-order valence-corrected chi connectivity index (χ3v) is 3.95. The molecule has 0 spiro atoms. The molecule has 0 aromatic heterocycles. The van der Waals surface area contributed by atoms with E-state index in [2.05, 4.69) is 27.9 Å². The fraction of sp³-hybridized carbons (Fsp3) is 0. The number of anilines is 1. The molecule has 0 saturated carbocycles. The maximum absolute atomic E-state index is 13.0. The minimum atomic E-state index is -0.430. The molecule has 2 aromatic rings. The van der Waals surface area contributed by atoms with Crippen LogP contribution in [-0.4, -0.2) is 11.0 Å². The Morgan fingerprint density at radius 3 is 2.58 bits per heavy atom. The van der Waals surface area contributed by atoms with Crippen LogP contribution in [0.1, 0.15) is 10.4 Å². The normalized spacial score (nSPS) is 10.3. The zero-order valence-electron chi connectivity index (χ0n) is 9.45. The first-order valence-corrected chi connectivity index (χ1v) is 7.38. The number of hydrogen-bond donors (Lipinski definition) is 2. The minimum Gasteiger partial charge on any atom is -0.507 e. The molecule has 6 heteroatoms. The molecular weight excluding hydrogens is 475 g/mol. The SMILES string of the molecule is O=C(Nc1ccc(F)cc1I)c1cc(I)ccc1O. The summed E-state index contributed by atoms with van der Waals surface area (Å²) in [6.07, 6.45) is 0. The van der Waals surface area contributed by atoms with Crippen LogP contribution in [0.5, 0.6) is 5.75 Å². The van der Waals surface area contributed by atoms with E-state index in [0.29, 0.717) is 9.26 Å². The highest BCUT2D eigenvalue weighted by Crippen LogP contribution is 2.23. The van der Waals surface area contributed by atoms with E-state index < -0.39 is 5.91 Å². The van der Waals surface area contributed by atoms with Gasteiger partial charge in [-0.2, -0.15) is 0 Å². The van der Waals surface area contributed by atoms with Gasteiger partial charge in [-0.3, -0.25) is 4.79 Å². The molecule has 0 atom stereocenters. The van der Waals surface area contributed by atoms with Crippen molar-refractivity contribution in [2.45, 2.75) is 0 Å². The first-order valence-electron chi connectivity index (χ1n) is 5.22. The van der Waals surface area contributed by atoms with Gasteiger partial charge in [-0.05, 0) is 81.6 Å². The second-order valence-corrected chi connectivity index (χ2v) is 6.15. The van der Waals surface area contributed by atoms with Crippen LogP contribution in [-0.2, 0) is 0 Å². The highest BCUT2D eigenvalue weighted by atomic mass is 127. The third-order valence-electron chi connectivity index (χ3n) is 2.38. The molecule has 0 aliphatic rings. The molecule has 0 aliphatic carbocycles. The van der Waals surface area contributed by atoms with Crippen molar-refractivity contribution in [2.24, 2.45) is 0 Å². The Labute approximate surface area is 136 Å². The van der Waals surface area contributed by atoms with Crippen LogP contribution in [0.25, 0.3) is 0 Å². The van der Waals surface area contributed by atoms with Gasteiger partial charge in [0, 0.05) is 7.14 Å². The zero-order valence-corrected chi connectivity index (χ0v) is 13.8. The topological polar surface area (TPSA) is 49.3 Å². The van der Waals surface area contributed by atoms with Crippen molar-refractivity contribution in [3.05, 3.63) is 54.9 Å². The van der Waals surface area contributed by atoms with Crippen LogP contribution in [0.15, 0.2) is 36.4 Å². The molecular formula is C13H8FI2NO2. The number of benzene rings is 2. The van der Waals surface area contributed by atoms with E-state index in [4.69, 9.17) is 0 Å². The van der Waals surface area contributed by atoms with E-state index in [9.17, 15) is 14.3 Å². The zero-order chi connectivity index (χ0) is 14.0. The molecule has 0 heterocycles. The summed E-state index contributed by atoms with van der Waals surface area (Å²) in [6.45, 7) is 0. The summed E-state index contributed by atoms with van der Waals surface area (Å²) >= 11 is 3.99. The maximum Gasteiger partial charge on any atom is 0.259 e. The fourth-order valence-electron chi connectivity index (χ4n) is 1.47. The largest absolute Gasteiger partial charge is 0.507 e. The summed E-state index contributed by atoms with van der Waals surface area (Å²) in [5.74, 6) is -0.880. The molecule has 0 saturated heterocycles. The molecule has 2 rings (SSSR count). The van der Waals surface area contributed by atoms with Crippen LogP contribution >= 0.6 is 45.2 Å². The standard InChI is InChI=1S/C13H8FI2NO2/c14-7-1-3-11(10(16)5-7)17-13(19)9-6-8(15)2-4-12(9)18/h1-6,18H,(H,17,19). The average Bonchev–Trinajstić information content (AvgIpc) is 2.35. The summed E-state index contributed by atoms with van der Waals surface area (Å²) in [5.41, 5.74) is 0.692. The van der Waals surface area contributed by atoms with E-state index in [1.165, 1.54) is 24.3 Å². The van der Waals surface area contributed by atoms with E-state index >= 15 is 0 Å². The molecule has 2 aromatic carbocycles. The lowest BCUT2D eigenvalue weighted by molar-refractivity contribution is 0.102. The van der Waals surface area contributed by atoms with Crippen molar-refractivity contribution < 1.29 is 14.3 Å². The molecule has 3 nitrogen and oxygen atoms in total. The Hall–Kier alpha value is -0.900. The number of rotatable bonds is 2. The summed E-state index contributed by atoms with van der Waals surface area (Å²) in [6, 6.07) is 8.83. The van der Waals surface area contributed by atoms with Gasteiger partial charge in [-0.1, -0.05) is 0 Å². The van der Waals surface area contributed by atoms with Gasteiger partial charge in [0.05, 0.1) is 11.3 Å². The molecule has 0 fully saturated rings. The number of carbonyl (C=O) groups is 1. The first kappa shape index (κ1) is 14.5. The number of carbonyl (C=O) groups excluding carboxylic acids is 1. The molecule has 2 N–H and O–H groups in total. The van der Waals surface area contributed by atoms with Gasteiger partial charge in [0.1, 0.15) is 11.6 Å². The van der Waals surface area contributed by atoms with Gasteiger partial charge in [0.15, 0.2) is 0 Å². The van der Waals surface area contributed by atoms with Crippen LogP contribution < -0.4 is 5.32 Å². The van der Waals surface area contributed by atoms with Crippen molar-refractivity contribution in [1.82, 2.24) is 0 Å². The lowest BCUT2D eigenvalue weighted by atomic mass is 10.2. The Morgan fingerprint density at radius 1 is 1.16 bits per heavy atom. The number of amides is 1. The first-order chi connectivity index (χ1) is 8.97. The quantitative estimate of drug-likeness (QED) is 0.636. The summed E-state index contributed by atoms with van der Waals surface area (Å²) < 4.78 is 14.4. The number of hydrogen-bond acceptors (Lipinski definition) is 2. The number of nitrogens with one attached hydrogen (secondary N) is 1. The number of aromatic hydroxyl groups is 1. The minimum absolute atomic E-state index is 0.0879. The van der Waals surface area contributed by atoms with E-state index in [1.54, 1.807) is 12.1 Å². The lowest BCUT2D eigenvalue weighted by Gasteiger charge is -2.09. The van der Waals surface area contributed by atoms with Crippen molar-refractivity contribution >= 4 is 56.8 Å². The molecule has 19 heavy (non-hydrogen) atoms.